The van der Waals surface area contributed by atoms with Crippen LogP contribution in [0.4, 0.5) is 0 Å². The first-order valence-corrected chi connectivity index (χ1v) is 4.22. The van der Waals surface area contributed by atoms with Crippen LogP contribution in [-0.4, -0.2) is 0 Å². The van der Waals surface area contributed by atoms with E-state index in [1.807, 2.05) is 6.92 Å². The van der Waals surface area contributed by atoms with E-state index in [9.17, 15) is 0 Å². The highest BCUT2D eigenvalue weighted by Gasteiger charge is 2.11. The fourth-order valence-corrected chi connectivity index (χ4v) is 1.47. The molecule has 0 unspecified atom stereocenters. The average Bonchev–Trinajstić information content (AvgIpc) is 2.14. The van der Waals surface area contributed by atoms with Gasteiger partial charge in [0.25, 0.3) is 0 Å². The number of rotatable bonds is 0. The molecule has 0 atom stereocenters. The maximum atomic E-state index is 8.85. The lowest BCUT2D eigenvalue weighted by Gasteiger charge is -2.02. The summed E-state index contributed by atoms with van der Waals surface area (Å²) in [6.45, 7) is 4.05. The molecule has 0 heterocycles. The van der Waals surface area contributed by atoms with Crippen LogP contribution in [0.2, 0.25) is 0 Å². The summed E-state index contributed by atoms with van der Waals surface area (Å²) in [5.74, 6) is 0. The van der Waals surface area contributed by atoms with Gasteiger partial charge < -0.3 is 5.73 Å². The van der Waals surface area contributed by atoms with Crippen molar-refractivity contribution in [3.63, 3.8) is 0 Å². The van der Waals surface area contributed by atoms with Crippen LogP contribution in [-0.2, 0) is 0 Å². The van der Waals surface area contributed by atoms with Crippen molar-refractivity contribution in [2.75, 3.05) is 0 Å². The largest absolute Gasteiger partial charge is 0.401 e. The third-order valence-electron chi connectivity index (χ3n) is 2.45. The second-order valence-electron chi connectivity index (χ2n) is 3.27. The van der Waals surface area contributed by atoms with Gasteiger partial charge in [-0.25, -0.2) is 0 Å². The molecule has 0 spiro atoms. The summed E-state index contributed by atoms with van der Waals surface area (Å²) in [6, 6.07) is 2.17. The molecule has 0 bridgehead atoms. The predicted molar refractivity (Wildman–Crippen MR) is 49.1 cm³/mol. The smallest absolute Gasteiger partial charge is 0.101 e. The molecule has 12 heavy (non-hydrogen) atoms. The fraction of sp³-hybridized carbons (Fsp3) is 0.500. The molecule has 2 heteroatoms. The monoisotopic (exact) mass is 162 g/mol. The van der Waals surface area contributed by atoms with Gasteiger partial charge in [-0.3, -0.25) is 0 Å². The Morgan fingerprint density at radius 1 is 1.33 bits per heavy atom. The van der Waals surface area contributed by atoms with Crippen LogP contribution in [0, 0.1) is 11.3 Å². The van der Waals surface area contributed by atoms with Crippen LogP contribution < -0.4 is 5.73 Å². The van der Waals surface area contributed by atoms with Gasteiger partial charge in [0.15, 0.2) is 0 Å². The molecule has 64 valence electrons. The first kappa shape index (κ1) is 8.86. The van der Waals surface area contributed by atoms with Gasteiger partial charge >= 0.3 is 0 Å². The van der Waals surface area contributed by atoms with Gasteiger partial charge in [-0.2, -0.15) is 5.26 Å². The highest BCUT2D eigenvalue weighted by atomic mass is 14.6. The van der Waals surface area contributed by atoms with Crippen LogP contribution in [0.15, 0.2) is 22.4 Å². The Morgan fingerprint density at radius 2 is 2.00 bits per heavy atom. The predicted octanol–water partition coefficient (Wildman–Crippen LogP) is 2.24. The van der Waals surface area contributed by atoms with E-state index in [4.69, 9.17) is 11.0 Å². The van der Waals surface area contributed by atoms with E-state index in [0.717, 1.165) is 30.5 Å². The maximum absolute atomic E-state index is 8.85. The molecule has 1 rings (SSSR count). The van der Waals surface area contributed by atoms with E-state index in [1.54, 1.807) is 0 Å². The fourth-order valence-electron chi connectivity index (χ4n) is 1.47. The molecule has 0 fully saturated rings. The lowest BCUT2D eigenvalue weighted by atomic mass is 10.0. The topological polar surface area (TPSA) is 49.8 Å². The van der Waals surface area contributed by atoms with Gasteiger partial charge in [-0.05, 0) is 38.7 Å². The summed E-state index contributed by atoms with van der Waals surface area (Å²) < 4.78 is 0. The molecule has 0 aliphatic heterocycles. The van der Waals surface area contributed by atoms with Gasteiger partial charge in [-0.15, -0.1) is 0 Å². The molecule has 0 amide bonds. The van der Waals surface area contributed by atoms with E-state index < -0.39 is 0 Å². The molecule has 1 aliphatic carbocycles. The average molecular weight is 162 g/mol. The molecular formula is C10H14N2. The number of hydrogen-bond acceptors (Lipinski definition) is 2. The van der Waals surface area contributed by atoms with E-state index in [2.05, 4.69) is 13.0 Å². The summed E-state index contributed by atoms with van der Waals surface area (Å²) in [5, 5.41) is 8.85. The van der Waals surface area contributed by atoms with Crippen LogP contribution in [0.1, 0.15) is 33.1 Å². The zero-order valence-corrected chi connectivity index (χ0v) is 7.65. The minimum absolute atomic E-state index is 0.699. The zero-order chi connectivity index (χ0) is 9.14. The Kier molecular flexibility index (Phi) is 2.54. The minimum atomic E-state index is 0.699. The molecule has 0 aromatic heterocycles. The molecule has 2 nitrogen and oxygen atoms in total. The SMILES string of the molecule is CC1=C(C)C(C#N)=C(N)CCC1. The summed E-state index contributed by atoms with van der Waals surface area (Å²) in [7, 11) is 0. The Balaban J connectivity index is 3.15. The van der Waals surface area contributed by atoms with Crippen LogP contribution >= 0.6 is 0 Å². The summed E-state index contributed by atoms with van der Waals surface area (Å²) >= 11 is 0. The van der Waals surface area contributed by atoms with Crippen molar-refractivity contribution in [2.24, 2.45) is 5.73 Å². The van der Waals surface area contributed by atoms with Gasteiger partial charge in [0, 0.05) is 5.70 Å². The summed E-state index contributed by atoms with van der Waals surface area (Å²) in [5.41, 5.74) is 9.60. The second kappa shape index (κ2) is 3.44. The molecule has 0 radical (unpaired) electrons. The Hall–Kier alpha value is -1.23. The normalized spacial score (nSPS) is 19.1. The van der Waals surface area contributed by atoms with Gasteiger partial charge in [0.2, 0.25) is 0 Å². The van der Waals surface area contributed by atoms with E-state index in [-0.39, 0.29) is 0 Å². The Bertz CT molecular complexity index is 289. The van der Waals surface area contributed by atoms with Crippen molar-refractivity contribution in [1.82, 2.24) is 0 Å². The minimum Gasteiger partial charge on any atom is -0.401 e. The number of nitrogens with zero attached hydrogens (tertiary/aromatic N) is 1. The molecule has 1 aliphatic rings. The highest BCUT2D eigenvalue weighted by Crippen LogP contribution is 2.25. The molecule has 0 aromatic carbocycles. The van der Waals surface area contributed by atoms with Crippen molar-refractivity contribution in [3.8, 4) is 6.07 Å². The number of allylic oxidation sites excluding steroid dienone is 4. The van der Waals surface area contributed by atoms with Crippen molar-refractivity contribution in [1.29, 1.82) is 5.26 Å². The molecule has 0 aromatic rings. The van der Waals surface area contributed by atoms with Crippen LogP contribution in [0.25, 0.3) is 0 Å². The van der Waals surface area contributed by atoms with Gasteiger partial charge in [0.05, 0.1) is 5.57 Å². The van der Waals surface area contributed by atoms with Crippen LogP contribution in [0.5, 0.6) is 0 Å². The third kappa shape index (κ3) is 1.50. The molecule has 0 saturated carbocycles. The van der Waals surface area contributed by atoms with Crippen molar-refractivity contribution in [3.05, 3.63) is 22.4 Å². The number of nitrogens with two attached hydrogens (primary N) is 1. The summed E-state index contributed by atoms with van der Waals surface area (Å²) in [6.07, 6.45) is 3.00. The zero-order valence-electron chi connectivity index (χ0n) is 7.65. The quantitative estimate of drug-likeness (QED) is 0.593. The highest BCUT2D eigenvalue weighted by molar-refractivity contribution is 5.46. The Morgan fingerprint density at radius 3 is 2.58 bits per heavy atom. The van der Waals surface area contributed by atoms with Gasteiger partial charge in [-0.1, -0.05) is 5.57 Å². The van der Waals surface area contributed by atoms with Crippen molar-refractivity contribution >= 4 is 0 Å². The molecule has 0 saturated heterocycles. The lowest BCUT2D eigenvalue weighted by molar-refractivity contribution is 0.805. The number of nitriles is 1. The molecular weight excluding hydrogens is 148 g/mol. The maximum Gasteiger partial charge on any atom is 0.101 e. The third-order valence-corrected chi connectivity index (χ3v) is 2.45. The second-order valence-corrected chi connectivity index (χ2v) is 3.27. The van der Waals surface area contributed by atoms with E-state index in [1.165, 1.54) is 5.57 Å². The first-order chi connectivity index (χ1) is 5.66. The first-order valence-electron chi connectivity index (χ1n) is 4.22. The standard InChI is InChI=1S/C10H14N2/c1-7-4-3-5-10(12)9(6-11)8(7)2/h3-5,12H2,1-2H3. The van der Waals surface area contributed by atoms with Crippen molar-refractivity contribution < 1.29 is 0 Å². The van der Waals surface area contributed by atoms with Gasteiger partial charge in [0.1, 0.15) is 6.07 Å². The van der Waals surface area contributed by atoms with Crippen LogP contribution in [0.3, 0.4) is 0 Å². The summed E-state index contributed by atoms with van der Waals surface area (Å²) in [4.78, 5) is 0. The molecule has 2 N–H and O–H groups in total. The van der Waals surface area contributed by atoms with E-state index >= 15 is 0 Å². The van der Waals surface area contributed by atoms with E-state index in [0.29, 0.717) is 5.57 Å². The van der Waals surface area contributed by atoms with Crippen molar-refractivity contribution in [2.45, 2.75) is 33.1 Å². The Labute approximate surface area is 73.4 Å². The lowest BCUT2D eigenvalue weighted by Crippen LogP contribution is -2.01. The number of hydrogen-bond donors (Lipinski definition) is 1.